The number of hydrogen-bond donors (Lipinski definition) is 2. The van der Waals surface area contributed by atoms with Gasteiger partial charge in [-0.3, -0.25) is 0 Å². The van der Waals surface area contributed by atoms with Crippen LogP contribution in [0.1, 0.15) is 44.2 Å². The van der Waals surface area contributed by atoms with E-state index in [1.807, 2.05) is 42.5 Å². The molecule has 2 aromatic carbocycles. The number of nitrogens with one attached hydrogen (secondary N) is 1. The summed E-state index contributed by atoms with van der Waals surface area (Å²) in [5, 5.41) is 12.8. The van der Waals surface area contributed by atoms with Crippen molar-refractivity contribution < 1.29 is 19.1 Å². The van der Waals surface area contributed by atoms with Crippen LogP contribution in [0.5, 0.6) is 5.75 Å². The van der Waals surface area contributed by atoms with Crippen LogP contribution >= 0.6 is 0 Å². The van der Waals surface area contributed by atoms with Crippen molar-refractivity contribution in [2.45, 2.75) is 44.9 Å². The third-order valence-corrected chi connectivity index (χ3v) is 4.98. The van der Waals surface area contributed by atoms with E-state index in [0.717, 1.165) is 35.4 Å². The SMILES string of the molecule is CC(C)(Oc1cccc(CNC(c2nc3ccccc3o2)C2CC2)c1)C(=O)O. The van der Waals surface area contributed by atoms with Gasteiger partial charge in [0, 0.05) is 6.54 Å². The fourth-order valence-electron chi connectivity index (χ4n) is 3.19. The molecule has 1 aliphatic rings. The van der Waals surface area contributed by atoms with Gasteiger partial charge in [-0.2, -0.15) is 0 Å². The molecule has 6 nitrogen and oxygen atoms in total. The minimum Gasteiger partial charge on any atom is -0.478 e. The summed E-state index contributed by atoms with van der Waals surface area (Å²) in [5.74, 6) is 0.791. The Hall–Kier alpha value is -2.86. The highest BCUT2D eigenvalue weighted by molar-refractivity contribution is 5.76. The first-order valence-corrected chi connectivity index (χ1v) is 9.52. The number of carbonyl (C=O) groups is 1. The molecule has 0 aliphatic heterocycles. The largest absolute Gasteiger partial charge is 0.478 e. The quantitative estimate of drug-likeness (QED) is 0.606. The molecule has 3 aromatic rings. The van der Waals surface area contributed by atoms with E-state index in [4.69, 9.17) is 9.15 Å². The van der Waals surface area contributed by atoms with Gasteiger partial charge in [0.2, 0.25) is 5.89 Å². The van der Waals surface area contributed by atoms with Crippen LogP contribution in [-0.4, -0.2) is 21.7 Å². The summed E-state index contributed by atoms with van der Waals surface area (Å²) in [4.78, 5) is 15.9. The van der Waals surface area contributed by atoms with Gasteiger partial charge in [-0.15, -0.1) is 0 Å². The summed E-state index contributed by atoms with van der Waals surface area (Å²) in [6.07, 6.45) is 2.32. The molecule has 1 atom stereocenters. The Kier molecular flexibility index (Phi) is 4.81. The van der Waals surface area contributed by atoms with Crippen LogP contribution in [0.15, 0.2) is 52.9 Å². The van der Waals surface area contributed by atoms with Crippen molar-refractivity contribution in [2.75, 3.05) is 0 Å². The highest BCUT2D eigenvalue weighted by Gasteiger charge is 2.35. The van der Waals surface area contributed by atoms with Gasteiger partial charge < -0.3 is 19.6 Å². The molecule has 1 unspecified atom stereocenters. The Morgan fingerprint density at radius 2 is 2.07 bits per heavy atom. The first kappa shape index (κ1) is 18.5. The van der Waals surface area contributed by atoms with Crippen LogP contribution in [0.3, 0.4) is 0 Å². The number of fused-ring (bicyclic) bond motifs is 1. The van der Waals surface area contributed by atoms with Crippen molar-refractivity contribution in [3.8, 4) is 5.75 Å². The number of para-hydroxylation sites is 2. The Morgan fingerprint density at radius 1 is 1.29 bits per heavy atom. The highest BCUT2D eigenvalue weighted by atomic mass is 16.5. The topological polar surface area (TPSA) is 84.6 Å². The van der Waals surface area contributed by atoms with E-state index >= 15 is 0 Å². The lowest BCUT2D eigenvalue weighted by molar-refractivity contribution is -0.152. The molecule has 146 valence electrons. The molecule has 0 spiro atoms. The summed E-state index contributed by atoms with van der Waals surface area (Å²) >= 11 is 0. The maximum Gasteiger partial charge on any atom is 0.347 e. The molecule has 1 aromatic heterocycles. The van der Waals surface area contributed by atoms with Crippen molar-refractivity contribution >= 4 is 17.1 Å². The molecule has 0 saturated heterocycles. The van der Waals surface area contributed by atoms with E-state index in [1.165, 1.54) is 13.8 Å². The number of rotatable bonds is 8. The van der Waals surface area contributed by atoms with Crippen molar-refractivity contribution in [3.05, 3.63) is 60.0 Å². The van der Waals surface area contributed by atoms with Crippen LogP contribution in [0, 0.1) is 5.92 Å². The van der Waals surface area contributed by atoms with Crippen LogP contribution < -0.4 is 10.1 Å². The molecular formula is C22H24N2O4. The Bertz CT molecular complexity index is 958. The van der Waals surface area contributed by atoms with Crippen LogP contribution in [0.25, 0.3) is 11.1 Å². The number of oxazole rings is 1. The lowest BCUT2D eigenvalue weighted by atomic mass is 10.1. The summed E-state index contributed by atoms with van der Waals surface area (Å²) in [6, 6.07) is 15.4. The predicted molar refractivity (Wildman–Crippen MR) is 105 cm³/mol. The highest BCUT2D eigenvalue weighted by Crippen LogP contribution is 2.41. The molecule has 4 rings (SSSR count). The van der Waals surface area contributed by atoms with Crippen molar-refractivity contribution in [1.29, 1.82) is 0 Å². The molecule has 1 heterocycles. The van der Waals surface area contributed by atoms with Crippen LogP contribution in [-0.2, 0) is 11.3 Å². The van der Waals surface area contributed by atoms with Crippen LogP contribution in [0.4, 0.5) is 0 Å². The van der Waals surface area contributed by atoms with E-state index < -0.39 is 11.6 Å². The number of benzene rings is 2. The molecule has 0 radical (unpaired) electrons. The third kappa shape index (κ3) is 4.02. The number of nitrogens with zero attached hydrogens (tertiary/aromatic N) is 1. The average Bonchev–Trinajstić information content (AvgIpc) is 3.39. The molecule has 1 saturated carbocycles. The second-order valence-corrected chi connectivity index (χ2v) is 7.78. The van der Waals surface area contributed by atoms with Gasteiger partial charge in [-0.05, 0) is 62.4 Å². The molecule has 0 bridgehead atoms. The van der Waals surface area contributed by atoms with E-state index in [9.17, 15) is 9.90 Å². The summed E-state index contributed by atoms with van der Waals surface area (Å²) < 4.78 is 11.6. The van der Waals surface area contributed by atoms with Gasteiger partial charge >= 0.3 is 5.97 Å². The molecule has 1 fully saturated rings. The maximum absolute atomic E-state index is 11.3. The van der Waals surface area contributed by atoms with Gasteiger partial charge in [0.25, 0.3) is 0 Å². The average molecular weight is 380 g/mol. The number of ether oxygens (including phenoxy) is 1. The molecule has 2 N–H and O–H groups in total. The standard InChI is InChI=1S/C22H24N2O4/c1-22(2,21(25)26)28-16-7-5-6-14(12-16)13-23-19(15-10-11-15)20-24-17-8-3-4-9-18(17)27-20/h3-9,12,15,19,23H,10-11,13H2,1-2H3,(H,25,26). The fraction of sp³-hybridized carbons (Fsp3) is 0.364. The minimum absolute atomic E-state index is 0.0624. The number of hydrogen-bond acceptors (Lipinski definition) is 5. The van der Waals surface area contributed by atoms with Crippen LogP contribution in [0.2, 0.25) is 0 Å². The fourth-order valence-corrected chi connectivity index (χ4v) is 3.19. The summed E-state index contributed by atoms with van der Waals surface area (Å²) in [7, 11) is 0. The summed E-state index contributed by atoms with van der Waals surface area (Å²) in [5.41, 5.74) is 1.41. The number of carboxylic acids is 1. The van der Waals surface area contributed by atoms with E-state index in [0.29, 0.717) is 18.2 Å². The summed E-state index contributed by atoms with van der Waals surface area (Å²) in [6.45, 7) is 3.69. The van der Waals surface area contributed by atoms with E-state index in [1.54, 1.807) is 6.07 Å². The molecule has 28 heavy (non-hydrogen) atoms. The molecular weight excluding hydrogens is 356 g/mol. The third-order valence-electron chi connectivity index (χ3n) is 4.98. The lowest BCUT2D eigenvalue weighted by Crippen LogP contribution is -2.37. The smallest absolute Gasteiger partial charge is 0.347 e. The van der Waals surface area contributed by atoms with Gasteiger partial charge in [-0.1, -0.05) is 24.3 Å². The molecule has 0 amide bonds. The van der Waals surface area contributed by atoms with Gasteiger partial charge in [0.05, 0.1) is 6.04 Å². The second kappa shape index (κ2) is 7.28. The zero-order chi connectivity index (χ0) is 19.7. The monoisotopic (exact) mass is 380 g/mol. The zero-order valence-corrected chi connectivity index (χ0v) is 16.0. The number of carboxylic acid groups (broad SMARTS) is 1. The van der Waals surface area contributed by atoms with Crippen molar-refractivity contribution in [3.63, 3.8) is 0 Å². The molecule has 1 aliphatic carbocycles. The first-order valence-electron chi connectivity index (χ1n) is 9.52. The number of aliphatic carboxylic acids is 1. The van der Waals surface area contributed by atoms with Crippen molar-refractivity contribution in [2.24, 2.45) is 5.92 Å². The number of aromatic nitrogens is 1. The normalized spacial score (nSPS) is 15.5. The van der Waals surface area contributed by atoms with Gasteiger partial charge in [0.1, 0.15) is 11.3 Å². The second-order valence-electron chi connectivity index (χ2n) is 7.78. The molecule has 6 heteroatoms. The first-order chi connectivity index (χ1) is 13.4. The van der Waals surface area contributed by atoms with Crippen molar-refractivity contribution in [1.82, 2.24) is 10.3 Å². The van der Waals surface area contributed by atoms with E-state index in [2.05, 4.69) is 10.3 Å². The minimum atomic E-state index is -1.28. The Balaban J connectivity index is 1.48. The van der Waals surface area contributed by atoms with Gasteiger partial charge in [-0.25, -0.2) is 9.78 Å². The zero-order valence-electron chi connectivity index (χ0n) is 16.0. The Labute approximate surface area is 163 Å². The Morgan fingerprint density at radius 3 is 2.79 bits per heavy atom. The van der Waals surface area contributed by atoms with Gasteiger partial charge in [0.15, 0.2) is 11.2 Å². The predicted octanol–water partition coefficient (Wildman–Crippen LogP) is 4.31. The lowest BCUT2D eigenvalue weighted by Gasteiger charge is -2.22. The maximum atomic E-state index is 11.3. The van der Waals surface area contributed by atoms with E-state index in [-0.39, 0.29) is 6.04 Å².